The molecule has 0 fully saturated rings. The van der Waals surface area contributed by atoms with Crippen LogP contribution in [0.15, 0.2) is 39.9 Å². The van der Waals surface area contributed by atoms with Crippen molar-refractivity contribution in [2.24, 2.45) is 5.10 Å². The molecule has 21 heavy (non-hydrogen) atoms. The van der Waals surface area contributed by atoms with Crippen LogP contribution in [0, 0.1) is 10.7 Å². The molecule has 1 heterocycles. The molecular formula is C14H12ClIN2O3. The summed E-state index contributed by atoms with van der Waals surface area (Å²) < 4.78 is 11.4. The molecule has 2 rings (SSSR count). The van der Waals surface area contributed by atoms with Crippen LogP contribution >= 0.6 is 34.2 Å². The molecule has 0 spiro atoms. The van der Waals surface area contributed by atoms with Crippen LogP contribution in [0.5, 0.6) is 5.75 Å². The van der Waals surface area contributed by atoms with Gasteiger partial charge in [-0.15, -0.1) is 0 Å². The summed E-state index contributed by atoms with van der Waals surface area (Å²) in [4.78, 5) is 11.6. The molecular weight excluding hydrogens is 407 g/mol. The van der Waals surface area contributed by atoms with E-state index in [9.17, 15) is 4.79 Å². The molecule has 0 saturated heterocycles. The van der Waals surface area contributed by atoms with Crippen molar-refractivity contribution in [1.82, 2.24) is 5.43 Å². The fourth-order valence-corrected chi connectivity index (χ4v) is 2.18. The van der Waals surface area contributed by atoms with Crippen molar-refractivity contribution >= 4 is 46.3 Å². The first-order valence-electron chi connectivity index (χ1n) is 6.01. The third-order valence-corrected chi connectivity index (χ3v) is 3.29. The zero-order valence-electron chi connectivity index (χ0n) is 11.1. The minimum absolute atomic E-state index is 0.129. The molecule has 110 valence electrons. The third-order valence-electron chi connectivity index (χ3n) is 2.47. The molecule has 7 heteroatoms. The van der Waals surface area contributed by atoms with E-state index in [0.29, 0.717) is 16.5 Å². The lowest BCUT2D eigenvalue weighted by Gasteiger charge is -2.08. The van der Waals surface area contributed by atoms with Crippen LogP contribution in [0.4, 0.5) is 0 Å². The average Bonchev–Trinajstić information content (AvgIpc) is 2.83. The van der Waals surface area contributed by atoms with E-state index in [-0.39, 0.29) is 12.5 Å². The topological polar surface area (TPSA) is 63.8 Å². The number of aryl methyl sites for hydroxylation is 1. The van der Waals surface area contributed by atoms with Crippen LogP contribution in [-0.4, -0.2) is 18.7 Å². The van der Waals surface area contributed by atoms with Gasteiger partial charge < -0.3 is 9.15 Å². The fraction of sp³-hybridized carbons (Fsp3) is 0.143. The van der Waals surface area contributed by atoms with E-state index in [2.05, 4.69) is 10.5 Å². The average molecular weight is 419 g/mol. The summed E-state index contributed by atoms with van der Waals surface area (Å²) in [6.07, 6.45) is 1.42. The first-order valence-corrected chi connectivity index (χ1v) is 7.46. The van der Waals surface area contributed by atoms with E-state index in [0.717, 1.165) is 9.33 Å². The maximum atomic E-state index is 11.6. The van der Waals surface area contributed by atoms with E-state index in [1.807, 2.05) is 29.5 Å². The summed E-state index contributed by atoms with van der Waals surface area (Å²) in [7, 11) is 0. The second-order valence-electron chi connectivity index (χ2n) is 4.13. The van der Waals surface area contributed by atoms with Crippen LogP contribution < -0.4 is 10.2 Å². The number of nitrogens with one attached hydrogen (secondary N) is 1. The number of amides is 1. The minimum Gasteiger partial charge on any atom is -0.483 e. The monoisotopic (exact) mass is 418 g/mol. The molecule has 0 atom stereocenters. The summed E-state index contributed by atoms with van der Waals surface area (Å²) in [5.41, 5.74) is 3.22. The first-order chi connectivity index (χ1) is 10.0. The lowest BCUT2D eigenvalue weighted by Crippen LogP contribution is -2.24. The molecule has 5 nitrogen and oxygen atoms in total. The number of hydrogen-bond acceptors (Lipinski definition) is 4. The number of rotatable bonds is 5. The van der Waals surface area contributed by atoms with Crippen LogP contribution in [-0.2, 0) is 4.79 Å². The van der Waals surface area contributed by atoms with Crippen molar-refractivity contribution in [1.29, 1.82) is 0 Å². The largest absolute Gasteiger partial charge is 0.483 e. The Morgan fingerprint density at radius 3 is 2.95 bits per heavy atom. The lowest BCUT2D eigenvalue weighted by molar-refractivity contribution is -0.123. The minimum atomic E-state index is -0.359. The number of hydrazone groups is 1. The van der Waals surface area contributed by atoms with Gasteiger partial charge in [-0.05, 0) is 65.4 Å². The number of ether oxygens (including phenoxy) is 1. The quantitative estimate of drug-likeness (QED) is 0.460. The highest BCUT2D eigenvalue weighted by atomic mass is 127. The number of halogens is 2. The Morgan fingerprint density at radius 1 is 1.48 bits per heavy atom. The number of carbonyl (C=O) groups excluding carboxylic acids is 1. The zero-order valence-corrected chi connectivity index (χ0v) is 14.0. The van der Waals surface area contributed by atoms with Gasteiger partial charge in [-0.2, -0.15) is 5.10 Å². The number of nitrogens with zero attached hydrogens (tertiary/aromatic N) is 1. The van der Waals surface area contributed by atoms with Crippen molar-refractivity contribution < 1.29 is 13.9 Å². The Morgan fingerprint density at radius 2 is 2.29 bits per heavy atom. The molecule has 0 saturated carbocycles. The standard InChI is InChI=1S/C14H12ClIN2O3/c1-9-6-10(15)2-4-12(9)20-8-14(19)18-17-7-11-3-5-13(16)21-11/h2-7H,8H2,1H3,(H,18,19). The summed E-state index contributed by atoms with van der Waals surface area (Å²) >= 11 is 7.89. The summed E-state index contributed by atoms with van der Waals surface area (Å²) in [5, 5.41) is 4.41. The van der Waals surface area contributed by atoms with Crippen LogP contribution in [0.2, 0.25) is 5.02 Å². The molecule has 1 aromatic carbocycles. The van der Waals surface area contributed by atoms with Gasteiger partial charge in [0.05, 0.1) is 6.21 Å². The second kappa shape index (κ2) is 7.46. The molecule has 0 aliphatic heterocycles. The van der Waals surface area contributed by atoms with Gasteiger partial charge >= 0.3 is 0 Å². The van der Waals surface area contributed by atoms with Crippen molar-refractivity contribution in [3.63, 3.8) is 0 Å². The van der Waals surface area contributed by atoms with E-state index in [1.165, 1.54) is 6.21 Å². The number of benzene rings is 1. The predicted octanol–water partition coefficient (Wildman–Crippen LogP) is 3.38. The molecule has 0 unspecified atom stereocenters. The van der Waals surface area contributed by atoms with Gasteiger partial charge in [0, 0.05) is 5.02 Å². The van der Waals surface area contributed by atoms with Gasteiger partial charge in [-0.1, -0.05) is 11.6 Å². The molecule has 0 aliphatic carbocycles. The first kappa shape index (κ1) is 15.8. The SMILES string of the molecule is Cc1cc(Cl)ccc1OCC(=O)NN=Cc1ccc(I)o1. The van der Waals surface area contributed by atoms with E-state index >= 15 is 0 Å². The number of hydrogen-bond donors (Lipinski definition) is 1. The summed E-state index contributed by atoms with van der Waals surface area (Å²) in [6, 6.07) is 8.75. The Bertz CT molecular complexity index is 670. The second-order valence-corrected chi connectivity index (χ2v) is 5.63. The Labute approximate surface area is 140 Å². The number of carbonyl (C=O) groups is 1. The lowest BCUT2D eigenvalue weighted by atomic mass is 10.2. The highest BCUT2D eigenvalue weighted by Crippen LogP contribution is 2.21. The Balaban J connectivity index is 1.81. The normalized spacial score (nSPS) is 10.8. The van der Waals surface area contributed by atoms with Crippen molar-refractivity contribution in [2.75, 3.05) is 6.61 Å². The van der Waals surface area contributed by atoms with Crippen LogP contribution in [0.25, 0.3) is 0 Å². The molecule has 0 bridgehead atoms. The summed E-state index contributed by atoms with van der Waals surface area (Å²) in [5.74, 6) is 0.815. The molecule has 1 N–H and O–H groups in total. The maximum absolute atomic E-state index is 11.6. The van der Waals surface area contributed by atoms with E-state index < -0.39 is 0 Å². The molecule has 1 aromatic heterocycles. The van der Waals surface area contributed by atoms with Crippen molar-refractivity contribution in [3.8, 4) is 5.75 Å². The van der Waals surface area contributed by atoms with Crippen molar-refractivity contribution in [3.05, 3.63) is 50.4 Å². The van der Waals surface area contributed by atoms with Gasteiger partial charge in [0.25, 0.3) is 5.91 Å². The van der Waals surface area contributed by atoms with Crippen LogP contribution in [0.3, 0.4) is 0 Å². The predicted molar refractivity (Wildman–Crippen MR) is 88.8 cm³/mol. The maximum Gasteiger partial charge on any atom is 0.277 e. The molecule has 2 aromatic rings. The Hall–Kier alpha value is -1.54. The molecule has 1 amide bonds. The van der Waals surface area contributed by atoms with Gasteiger partial charge in [0.15, 0.2) is 10.4 Å². The van der Waals surface area contributed by atoms with Crippen LogP contribution in [0.1, 0.15) is 11.3 Å². The fourth-order valence-electron chi connectivity index (χ4n) is 1.52. The zero-order chi connectivity index (χ0) is 15.2. The van der Waals surface area contributed by atoms with Gasteiger partial charge in [-0.25, -0.2) is 5.43 Å². The molecule has 0 radical (unpaired) electrons. The highest BCUT2D eigenvalue weighted by Gasteiger charge is 2.04. The Kier molecular flexibility index (Phi) is 5.63. The van der Waals surface area contributed by atoms with E-state index in [4.69, 9.17) is 20.8 Å². The van der Waals surface area contributed by atoms with Gasteiger partial charge in [0.2, 0.25) is 0 Å². The third kappa shape index (κ3) is 5.05. The number of furan rings is 1. The smallest absolute Gasteiger partial charge is 0.277 e. The summed E-state index contributed by atoms with van der Waals surface area (Å²) in [6.45, 7) is 1.73. The van der Waals surface area contributed by atoms with Gasteiger partial charge in [0.1, 0.15) is 11.5 Å². The van der Waals surface area contributed by atoms with Crippen molar-refractivity contribution in [2.45, 2.75) is 6.92 Å². The molecule has 0 aliphatic rings. The highest BCUT2D eigenvalue weighted by molar-refractivity contribution is 14.1. The van der Waals surface area contributed by atoms with Gasteiger partial charge in [-0.3, -0.25) is 4.79 Å². The van der Waals surface area contributed by atoms with E-state index in [1.54, 1.807) is 30.3 Å².